The van der Waals surface area contributed by atoms with Gasteiger partial charge in [0.1, 0.15) is 5.82 Å². The largest absolute Gasteiger partial charge is 0.322 e. The summed E-state index contributed by atoms with van der Waals surface area (Å²) in [6.45, 7) is 6.28. The van der Waals surface area contributed by atoms with E-state index >= 15 is 0 Å². The van der Waals surface area contributed by atoms with E-state index in [9.17, 15) is 17.6 Å². The maximum absolute atomic E-state index is 13.6. The zero-order valence-corrected chi connectivity index (χ0v) is 17.1. The summed E-state index contributed by atoms with van der Waals surface area (Å²) >= 11 is 0. The number of anilines is 1. The molecule has 0 saturated heterocycles. The molecule has 0 unspecified atom stereocenters. The molecule has 0 heterocycles. The number of sulfonamides is 1. The first-order valence-corrected chi connectivity index (χ1v) is 10.6. The number of benzene rings is 2. The molecule has 6 nitrogen and oxygen atoms in total. The van der Waals surface area contributed by atoms with Crippen LogP contribution in [0.2, 0.25) is 0 Å². The summed E-state index contributed by atoms with van der Waals surface area (Å²) in [6.07, 6.45) is 0. The van der Waals surface area contributed by atoms with Gasteiger partial charge in [0.15, 0.2) is 0 Å². The molecule has 0 saturated carbocycles. The van der Waals surface area contributed by atoms with Crippen molar-refractivity contribution >= 4 is 21.6 Å². The molecular weight excluding hydrogens is 381 g/mol. The van der Waals surface area contributed by atoms with E-state index in [1.807, 2.05) is 6.92 Å². The van der Waals surface area contributed by atoms with Gasteiger partial charge in [-0.15, -0.1) is 0 Å². The summed E-state index contributed by atoms with van der Waals surface area (Å²) < 4.78 is 40.0. The number of rotatable bonds is 9. The Morgan fingerprint density at radius 3 is 2.25 bits per heavy atom. The van der Waals surface area contributed by atoms with Crippen LogP contribution in [-0.4, -0.2) is 38.3 Å². The van der Waals surface area contributed by atoms with E-state index in [1.165, 1.54) is 16.4 Å². The van der Waals surface area contributed by atoms with Crippen LogP contribution in [0, 0.1) is 5.82 Å². The topological polar surface area (TPSA) is 78.5 Å². The van der Waals surface area contributed by atoms with Crippen LogP contribution in [0.25, 0.3) is 0 Å². The third kappa shape index (κ3) is 5.37. The molecule has 152 valence electrons. The number of halogens is 1. The Morgan fingerprint density at radius 2 is 1.68 bits per heavy atom. The Hall–Kier alpha value is -2.29. The second-order valence-electron chi connectivity index (χ2n) is 6.29. The number of hydrogen-bond acceptors (Lipinski definition) is 4. The third-order valence-corrected chi connectivity index (χ3v) is 6.50. The van der Waals surface area contributed by atoms with Crippen molar-refractivity contribution in [1.82, 2.24) is 9.62 Å². The average molecular weight is 408 g/mol. The molecule has 0 aliphatic rings. The van der Waals surface area contributed by atoms with Crippen LogP contribution in [0.5, 0.6) is 0 Å². The molecule has 0 fully saturated rings. The van der Waals surface area contributed by atoms with Gasteiger partial charge >= 0.3 is 0 Å². The van der Waals surface area contributed by atoms with Crippen molar-refractivity contribution in [3.63, 3.8) is 0 Å². The second-order valence-corrected chi connectivity index (χ2v) is 8.23. The Kier molecular flexibility index (Phi) is 7.68. The highest BCUT2D eigenvalue weighted by Gasteiger charge is 2.21. The molecule has 2 aromatic carbocycles. The smallest absolute Gasteiger partial charge is 0.243 e. The minimum Gasteiger partial charge on any atom is -0.322 e. The van der Waals surface area contributed by atoms with Crippen molar-refractivity contribution in [2.45, 2.75) is 31.7 Å². The predicted molar refractivity (Wildman–Crippen MR) is 108 cm³/mol. The van der Waals surface area contributed by atoms with Gasteiger partial charge in [0, 0.05) is 19.1 Å². The minimum atomic E-state index is -3.49. The van der Waals surface area contributed by atoms with Crippen LogP contribution in [0.15, 0.2) is 53.4 Å². The van der Waals surface area contributed by atoms with Gasteiger partial charge in [0.25, 0.3) is 0 Å². The lowest BCUT2D eigenvalue weighted by molar-refractivity contribution is -0.115. The maximum Gasteiger partial charge on any atom is 0.243 e. The van der Waals surface area contributed by atoms with E-state index in [1.54, 1.807) is 50.2 Å². The highest BCUT2D eigenvalue weighted by Crippen LogP contribution is 2.19. The van der Waals surface area contributed by atoms with Gasteiger partial charge in [-0.05, 0) is 36.8 Å². The van der Waals surface area contributed by atoms with E-state index in [2.05, 4.69) is 10.6 Å². The Bertz CT molecular complexity index is 897. The maximum atomic E-state index is 13.6. The van der Waals surface area contributed by atoms with Crippen LogP contribution >= 0.6 is 0 Å². The fourth-order valence-electron chi connectivity index (χ4n) is 2.76. The van der Waals surface area contributed by atoms with Crippen LogP contribution in [-0.2, 0) is 14.8 Å². The van der Waals surface area contributed by atoms with Gasteiger partial charge < -0.3 is 10.6 Å². The zero-order valence-electron chi connectivity index (χ0n) is 16.3. The molecule has 1 atom stereocenters. The number of hydrogen-bond donors (Lipinski definition) is 2. The number of amides is 1. The molecule has 2 rings (SSSR count). The van der Waals surface area contributed by atoms with Crippen molar-refractivity contribution in [2.24, 2.45) is 0 Å². The van der Waals surface area contributed by atoms with Crippen molar-refractivity contribution in [2.75, 3.05) is 25.0 Å². The van der Waals surface area contributed by atoms with Gasteiger partial charge in [0.05, 0.1) is 17.1 Å². The standard InChI is InChI=1S/C20H26FN3O3S/c1-4-24(5-2)28(26,27)17-12-10-16(11-13-17)15(3)22-14-20(25)23-19-9-7-6-8-18(19)21/h6-13,15,22H,4-5,14H2,1-3H3,(H,23,25)/t15-/m0/s1. The summed E-state index contributed by atoms with van der Waals surface area (Å²) in [5.74, 6) is -0.855. The molecule has 0 aromatic heterocycles. The number of carbonyl (C=O) groups is 1. The van der Waals surface area contributed by atoms with Crippen LogP contribution in [0.1, 0.15) is 32.4 Å². The van der Waals surface area contributed by atoms with Gasteiger partial charge in [-0.2, -0.15) is 4.31 Å². The fourth-order valence-corrected chi connectivity index (χ4v) is 4.22. The lowest BCUT2D eigenvalue weighted by Crippen LogP contribution is -2.31. The molecule has 0 aliphatic carbocycles. The predicted octanol–water partition coefficient (Wildman–Crippen LogP) is 3.15. The summed E-state index contributed by atoms with van der Waals surface area (Å²) in [5.41, 5.74) is 0.977. The number of para-hydroxylation sites is 1. The van der Waals surface area contributed by atoms with E-state index in [4.69, 9.17) is 0 Å². The van der Waals surface area contributed by atoms with Crippen molar-refractivity contribution < 1.29 is 17.6 Å². The Labute approximate surface area is 165 Å². The van der Waals surface area contributed by atoms with E-state index in [-0.39, 0.29) is 29.1 Å². The lowest BCUT2D eigenvalue weighted by atomic mass is 10.1. The van der Waals surface area contributed by atoms with Gasteiger partial charge in [-0.1, -0.05) is 38.1 Å². The van der Waals surface area contributed by atoms with Crippen LogP contribution in [0.4, 0.5) is 10.1 Å². The van der Waals surface area contributed by atoms with Crippen molar-refractivity contribution in [3.05, 3.63) is 59.9 Å². The first kappa shape index (κ1) is 22.0. The van der Waals surface area contributed by atoms with Crippen LogP contribution in [0.3, 0.4) is 0 Å². The first-order chi connectivity index (χ1) is 13.3. The monoisotopic (exact) mass is 407 g/mol. The molecule has 0 aliphatic heterocycles. The summed E-state index contributed by atoms with van der Waals surface area (Å²) in [7, 11) is -3.49. The average Bonchev–Trinajstić information content (AvgIpc) is 2.68. The third-order valence-electron chi connectivity index (χ3n) is 4.44. The molecule has 8 heteroatoms. The van der Waals surface area contributed by atoms with E-state index in [0.717, 1.165) is 5.56 Å². The van der Waals surface area contributed by atoms with Crippen LogP contribution < -0.4 is 10.6 Å². The molecule has 0 spiro atoms. The van der Waals surface area contributed by atoms with Crippen molar-refractivity contribution in [1.29, 1.82) is 0 Å². The van der Waals surface area contributed by atoms with Crippen molar-refractivity contribution in [3.8, 4) is 0 Å². The summed E-state index contributed by atoms with van der Waals surface area (Å²) in [5, 5.41) is 5.56. The molecule has 0 bridgehead atoms. The molecular formula is C20H26FN3O3S. The number of carbonyl (C=O) groups excluding carboxylic acids is 1. The normalized spacial score (nSPS) is 12.8. The molecule has 2 N–H and O–H groups in total. The molecule has 2 aromatic rings. The minimum absolute atomic E-state index is 0.00496. The SMILES string of the molecule is CCN(CC)S(=O)(=O)c1ccc([C@H](C)NCC(=O)Nc2ccccc2F)cc1. The van der Waals surface area contributed by atoms with Gasteiger partial charge in [0.2, 0.25) is 15.9 Å². The van der Waals surface area contributed by atoms with E-state index < -0.39 is 15.8 Å². The zero-order chi connectivity index (χ0) is 20.7. The second kappa shape index (κ2) is 9.77. The number of nitrogens with zero attached hydrogens (tertiary/aromatic N) is 1. The van der Waals surface area contributed by atoms with Gasteiger partial charge in [-0.3, -0.25) is 4.79 Å². The first-order valence-electron chi connectivity index (χ1n) is 9.17. The fraction of sp³-hybridized carbons (Fsp3) is 0.350. The Morgan fingerprint density at radius 1 is 1.07 bits per heavy atom. The molecule has 1 amide bonds. The summed E-state index contributed by atoms with van der Waals surface area (Å²) in [4.78, 5) is 12.2. The number of nitrogens with one attached hydrogen (secondary N) is 2. The van der Waals surface area contributed by atoms with E-state index in [0.29, 0.717) is 13.1 Å². The highest BCUT2D eigenvalue weighted by atomic mass is 32.2. The quantitative estimate of drug-likeness (QED) is 0.669. The Balaban J connectivity index is 1.97. The molecule has 28 heavy (non-hydrogen) atoms. The highest BCUT2D eigenvalue weighted by molar-refractivity contribution is 7.89. The molecule has 0 radical (unpaired) electrons. The lowest BCUT2D eigenvalue weighted by Gasteiger charge is -2.19. The van der Waals surface area contributed by atoms with Gasteiger partial charge in [-0.25, -0.2) is 12.8 Å². The summed E-state index contributed by atoms with van der Waals surface area (Å²) in [6, 6.07) is 12.4.